The molecule has 3 heterocycles. The van der Waals surface area contributed by atoms with Crippen LogP contribution in [-0.2, 0) is 24.5 Å². The van der Waals surface area contributed by atoms with Gasteiger partial charge < -0.3 is 9.64 Å². The minimum absolute atomic E-state index is 0.0220. The first-order chi connectivity index (χ1) is 13.7. The monoisotopic (exact) mass is 380 g/mol. The Kier molecular flexibility index (Phi) is 5.48. The second kappa shape index (κ2) is 8.35. The summed E-state index contributed by atoms with van der Waals surface area (Å²) in [5.41, 5.74) is 2.56. The number of hydrogen-bond acceptors (Lipinski definition) is 5. The van der Waals surface area contributed by atoms with Gasteiger partial charge in [-0.2, -0.15) is 5.10 Å². The molecule has 0 saturated carbocycles. The molecule has 2 aromatic heterocycles. The first kappa shape index (κ1) is 18.4. The minimum Gasteiger partial charge on any atom is -0.370 e. The van der Waals surface area contributed by atoms with Gasteiger partial charge in [-0.05, 0) is 18.9 Å². The number of hydrogen-bond donors (Lipinski definition) is 0. The van der Waals surface area contributed by atoms with Crippen molar-refractivity contribution in [1.82, 2.24) is 29.7 Å². The largest absolute Gasteiger partial charge is 0.370 e. The maximum atomic E-state index is 12.6. The van der Waals surface area contributed by atoms with Crippen LogP contribution in [0.5, 0.6) is 0 Å². The first-order valence-corrected chi connectivity index (χ1v) is 9.57. The maximum Gasteiger partial charge on any atom is 0.257 e. The molecule has 3 aromatic rings. The number of aromatic nitrogens is 5. The van der Waals surface area contributed by atoms with E-state index in [1.807, 2.05) is 53.0 Å². The average Bonchev–Trinajstić information content (AvgIpc) is 3.48. The Morgan fingerprint density at radius 3 is 2.86 bits per heavy atom. The molecule has 1 unspecified atom stereocenters. The lowest BCUT2D eigenvalue weighted by Crippen LogP contribution is -2.29. The molecule has 1 aliphatic rings. The third-order valence-corrected chi connectivity index (χ3v) is 4.95. The van der Waals surface area contributed by atoms with Crippen molar-refractivity contribution >= 4 is 5.91 Å². The van der Waals surface area contributed by atoms with Gasteiger partial charge in [0.25, 0.3) is 5.91 Å². The maximum absolute atomic E-state index is 12.6. The molecule has 0 radical (unpaired) electrons. The SMILES string of the molecule is CCn1cc(C(=O)N2CCC(n3cc(COCc4ccccc4)nn3)C2)cn1. The molecule has 28 heavy (non-hydrogen) atoms. The smallest absolute Gasteiger partial charge is 0.257 e. The molecular formula is C20H24N6O2. The van der Waals surface area contributed by atoms with Gasteiger partial charge >= 0.3 is 0 Å². The summed E-state index contributed by atoms with van der Waals surface area (Å²) in [6.07, 6.45) is 6.21. The van der Waals surface area contributed by atoms with Crippen molar-refractivity contribution in [2.24, 2.45) is 0 Å². The van der Waals surface area contributed by atoms with E-state index in [0.717, 1.165) is 24.2 Å². The van der Waals surface area contributed by atoms with E-state index in [4.69, 9.17) is 4.74 Å². The van der Waals surface area contributed by atoms with Crippen LogP contribution in [-0.4, -0.2) is 48.7 Å². The lowest BCUT2D eigenvalue weighted by atomic mass is 10.2. The lowest BCUT2D eigenvalue weighted by Gasteiger charge is -2.15. The first-order valence-electron chi connectivity index (χ1n) is 9.57. The van der Waals surface area contributed by atoms with Crippen LogP contribution in [0.3, 0.4) is 0 Å². The van der Waals surface area contributed by atoms with Crippen molar-refractivity contribution in [3.05, 3.63) is 65.7 Å². The number of carbonyl (C=O) groups is 1. The molecule has 4 rings (SSSR count). The Balaban J connectivity index is 1.30. The normalized spacial score (nSPS) is 16.6. The quantitative estimate of drug-likeness (QED) is 0.628. The Morgan fingerprint density at radius 2 is 2.07 bits per heavy atom. The summed E-state index contributed by atoms with van der Waals surface area (Å²) in [5.74, 6) is 0.0220. The molecule has 0 aliphatic carbocycles. The number of carbonyl (C=O) groups excluding carboxylic acids is 1. The standard InChI is InChI=1S/C20H24N6O2/c1-2-25-11-17(10-21-25)20(27)24-9-8-19(13-24)26-12-18(22-23-26)15-28-14-16-6-4-3-5-7-16/h3-7,10-12,19H,2,8-9,13-15H2,1H3. The molecular weight excluding hydrogens is 356 g/mol. The highest BCUT2D eigenvalue weighted by atomic mass is 16.5. The molecule has 0 N–H and O–H groups in total. The van der Waals surface area contributed by atoms with E-state index in [-0.39, 0.29) is 11.9 Å². The zero-order chi connectivity index (χ0) is 19.3. The van der Waals surface area contributed by atoms with E-state index in [9.17, 15) is 4.79 Å². The second-order valence-corrected chi connectivity index (χ2v) is 6.95. The van der Waals surface area contributed by atoms with Crippen LogP contribution in [0.2, 0.25) is 0 Å². The molecule has 1 saturated heterocycles. The van der Waals surface area contributed by atoms with Crippen LogP contribution in [0.25, 0.3) is 0 Å². The molecule has 1 fully saturated rings. The summed E-state index contributed by atoms with van der Waals surface area (Å²) >= 11 is 0. The fraction of sp³-hybridized carbons (Fsp3) is 0.400. The fourth-order valence-corrected chi connectivity index (χ4v) is 3.38. The predicted molar refractivity (Wildman–Crippen MR) is 102 cm³/mol. The molecule has 1 atom stereocenters. The van der Waals surface area contributed by atoms with Gasteiger partial charge in [-0.1, -0.05) is 35.5 Å². The Morgan fingerprint density at radius 1 is 1.21 bits per heavy atom. The van der Waals surface area contributed by atoms with Crippen molar-refractivity contribution in [2.75, 3.05) is 13.1 Å². The third kappa shape index (κ3) is 4.12. The van der Waals surface area contributed by atoms with Crippen LogP contribution >= 0.6 is 0 Å². The van der Waals surface area contributed by atoms with Crippen LogP contribution in [0.4, 0.5) is 0 Å². The topological polar surface area (TPSA) is 78.1 Å². The van der Waals surface area contributed by atoms with Gasteiger partial charge in [-0.15, -0.1) is 5.10 Å². The number of aryl methyl sites for hydroxylation is 1. The van der Waals surface area contributed by atoms with E-state index in [1.54, 1.807) is 17.1 Å². The summed E-state index contributed by atoms with van der Waals surface area (Å²) in [6, 6.07) is 10.2. The van der Waals surface area contributed by atoms with Gasteiger partial charge in [0, 0.05) is 25.8 Å². The van der Waals surface area contributed by atoms with Gasteiger partial charge in [0.2, 0.25) is 0 Å². The molecule has 1 aliphatic heterocycles. The summed E-state index contributed by atoms with van der Waals surface area (Å²) in [6.45, 7) is 5.05. The van der Waals surface area contributed by atoms with E-state index >= 15 is 0 Å². The highest BCUT2D eigenvalue weighted by Gasteiger charge is 2.29. The van der Waals surface area contributed by atoms with Crippen molar-refractivity contribution in [3.63, 3.8) is 0 Å². The molecule has 0 bridgehead atoms. The van der Waals surface area contributed by atoms with Crippen LogP contribution in [0.15, 0.2) is 48.9 Å². The summed E-state index contributed by atoms with van der Waals surface area (Å²) in [7, 11) is 0. The minimum atomic E-state index is 0.0220. The molecule has 1 aromatic carbocycles. The molecule has 8 nitrogen and oxygen atoms in total. The third-order valence-electron chi connectivity index (χ3n) is 4.95. The zero-order valence-electron chi connectivity index (χ0n) is 15.9. The zero-order valence-corrected chi connectivity index (χ0v) is 15.9. The van der Waals surface area contributed by atoms with Gasteiger partial charge in [-0.3, -0.25) is 9.48 Å². The predicted octanol–water partition coefficient (Wildman–Crippen LogP) is 2.30. The van der Waals surface area contributed by atoms with Crippen LogP contribution in [0.1, 0.15) is 41.0 Å². The summed E-state index contributed by atoms with van der Waals surface area (Å²) in [4.78, 5) is 14.5. The number of nitrogens with zero attached hydrogens (tertiary/aromatic N) is 6. The van der Waals surface area contributed by atoms with Crippen molar-refractivity contribution in [3.8, 4) is 0 Å². The van der Waals surface area contributed by atoms with Gasteiger partial charge in [0.1, 0.15) is 5.69 Å². The number of likely N-dealkylation sites (tertiary alicyclic amines) is 1. The summed E-state index contributed by atoms with van der Waals surface area (Å²) < 4.78 is 9.34. The van der Waals surface area contributed by atoms with E-state index in [0.29, 0.717) is 31.9 Å². The Bertz CT molecular complexity index is 920. The fourth-order valence-electron chi connectivity index (χ4n) is 3.38. The van der Waals surface area contributed by atoms with Crippen LogP contribution in [0, 0.1) is 0 Å². The molecule has 1 amide bonds. The molecule has 0 spiro atoms. The van der Waals surface area contributed by atoms with Gasteiger partial charge in [-0.25, -0.2) is 4.68 Å². The number of benzene rings is 1. The highest BCUT2D eigenvalue weighted by molar-refractivity contribution is 5.93. The average molecular weight is 380 g/mol. The highest BCUT2D eigenvalue weighted by Crippen LogP contribution is 2.22. The second-order valence-electron chi connectivity index (χ2n) is 6.95. The Hall–Kier alpha value is -3.00. The van der Waals surface area contributed by atoms with E-state index in [1.165, 1.54) is 0 Å². The van der Waals surface area contributed by atoms with Crippen molar-refractivity contribution < 1.29 is 9.53 Å². The lowest BCUT2D eigenvalue weighted by molar-refractivity contribution is 0.0787. The van der Waals surface area contributed by atoms with Crippen LogP contribution < -0.4 is 0 Å². The molecule has 146 valence electrons. The molecule has 8 heteroatoms. The van der Waals surface area contributed by atoms with Crippen molar-refractivity contribution in [2.45, 2.75) is 39.1 Å². The number of ether oxygens (including phenoxy) is 1. The van der Waals surface area contributed by atoms with Crippen molar-refractivity contribution in [1.29, 1.82) is 0 Å². The number of amides is 1. The van der Waals surface area contributed by atoms with E-state index < -0.39 is 0 Å². The van der Waals surface area contributed by atoms with E-state index in [2.05, 4.69) is 15.4 Å². The number of rotatable bonds is 7. The summed E-state index contributed by atoms with van der Waals surface area (Å²) in [5, 5.41) is 12.6. The van der Waals surface area contributed by atoms with Gasteiger partial charge in [0.05, 0.1) is 37.2 Å². The van der Waals surface area contributed by atoms with Gasteiger partial charge in [0.15, 0.2) is 0 Å². The Labute approximate surface area is 163 Å².